The third-order valence-corrected chi connectivity index (χ3v) is 5.09. The summed E-state index contributed by atoms with van der Waals surface area (Å²) in [6.07, 6.45) is 6.65. The van der Waals surface area contributed by atoms with Crippen molar-refractivity contribution in [3.8, 4) is 5.69 Å². The van der Waals surface area contributed by atoms with Crippen LogP contribution in [-0.2, 0) is 13.0 Å². The zero-order valence-corrected chi connectivity index (χ0v) is 16.0. The number of nitrogens with one attached hydrogen (secondary N) is 2. The molecule has 3 aromatic rings. The molecule has 2 aromatic heterocycles. The van der Waals surface area contributed by atoms with Crippen LogP contribution in [0.3, 0.4) is 0 Å². The molecule has 2 heterocycles. The van der Waals surface area contributed by atoms with E-state index >= 15 is 0 Å². The number of aliphatic imine (C=N–C) groups is 1. The molecule has 0 radical (unpaired) electrons. The topological polar surface area (TPSA) is 54.2 Å². The van der Waals surface area contributed by atoms with Gasteiger partial charge in [-0.15, -0.1) is 11.3 Å². The SMILES string of the molecule is CN=C(NCc1ccccc1-n1ccnc1)NCC(C)Cc1cccs1. The van der Waals surface area contributed by atoms with Crippen LogP contribution < -0.4 is 10.6 Å². The summed E-state index contributed by atoms with van der Waals surface area (Å²) in [7, 11) is 1.81. The lowest BCUT2D eigenvalue weighted by molar-refractivity contribution is 0.562. The fourth-order valence-electron chi connectivity index (χ4n) is 2.83. The van der Waals surface area contributed by atoms with Crippen LogP contribution in [0.5, 0.6) is 0 Å². The van der Waals surface area contributed by atoms with Gasteiger partial charge in [0.1, 0.15) is 0 Å². The van der Waals surface area contributed by atoms with E-state index < -0.39 is 0 Å². The zero-order valence-electron chi connectivity index (χ0n) is 15.2. The van der Waals surface area contributed by atoms with E-state index in [1.54, 1.807) is 13.2 Å². The van der Waals surface area contributed by atoms with Gasteiger partial charge in [-0.1, -0.05) is 31.2 Å². The fourth-order valence-corrected chi connectivity index (χ4v) is 3.70. The quantitative estimate of drug-likeness (QED) is 0.497. The summed E-state index contributed by atoms with van der Waals surface area (Å²) >= 11 is 1.82. The molecule has 6 heteroatoms. The van der Waals surface area contributed by atoms with Gasteiger partial charge in [0.15, 0.2) is 5.96 Å². The average Bonchev–Trinajstić information content (AvgIpc) is 3.36. The lowest BCUT2D eigenvalue weighted by Gasteiger charge is -2.17. The monoisotopic (exact) mass is 367 g/mol. The maximum absolute atomic E-state index is 4.34. The van der Waals surface area contributed by atoms with Crippen molar-refractivity contribution in [1.82, 2.24) is 20.2 Å². The molecular formula is C20H25N5S. The Morgan fingerprint density at radius 2 is 2.12 bits per heavy atom. The van der Waals surface area contributed by atoms with E-state index in [9.17, 15) is 0 Å². The first-order chi connectivity index (χ1) is 12.8. The van der Waals surface area contributed by atoms with Crippen LogP contribution in [0, 0.1) is 5.92 Å². The molecule has 0 bridgehead atoms. The second-order valence-electron chi connectivity index (χ2n) is 6.29. The number of rotatable bonds is 7. The van der Waals surface area contributed by atoms with Crippen LogP contribution in [0.1, 0.15) is 17.4 Å². The Morgan fingerprint density at radius 1 is 1.23 bits per heavy atom. The molecule has 0 saturated heterocycles. The summed E-state index contributed by atoms with van der Waals surface area (Å²) < 4.78 is 2.02. The second kappa shape index (κ2) is 9.20. The van der Waals surface area contributed by atoms with Gasteiger partial charge in [-0.2, -0.15) is 0 Å². The molecule has 5 nitrogen and oxygen atoms in total. The summed E-state index contributed by atoms with van der Waals surface area (Å²) in [4.78, 5) is 9.91. The maximum Gasteiger partial charge on any atom is 0.191 e. The summed E-state index contributed by atoms with van der Waals surface area (Å²) in [6.45, 7) is 3.85. The van der Waals surface area contributed by atoms with Crippen molar-refractivity contribution in [1.29, 1.82) is 0 Å². The van der Waals surface area contributed by atoms with Gasteiger partial charge < -0.3 is 15.2 Å². The molecule has 0 amide bonds. The number of thiophene rings is 1. The van der Waals surface area contributed by atoms with E-state index in [4.69, 9.17) is 0 Å². The van der Waals surface area contributed by atoms with E-state index in [0.29, 0.717) is 12.5 Å². The lowest BCUT2D eigenvalue weighted by atomic mass is 10.1. The first-order valence-electron chi connectivity index (χ1n) is 8.79. The molecule has 2 N–H and O–H groups in total. The van der Waals surface area contributed by atoms with Crippen molar-refractivity contribution in [2.45, 2.75) is 19.9 Å². The van der Waals surface area contributed by atoms with Crippen molar-refractivity contribution in [2.75, 3.05) is 13.6 Å². The Bertz CT molecular complexity index is 809. The molecule has 136 valence electrons. The number of para-hydroxylation sites is 1. The molecule has 1 aromatic carbocycles. The van der Waals surface area contributed by atoms with Crippen LogP contribution in [0.25, 0.3) is 5.69 Å². The number of imidazole rings is 1. The second-order valence-corrected chi connectivity index (χ2v) is 7.33. The molecule has 0 saturated carbocycles. The highest BCUT2D eigenvalue weighted by Crippen LogP contribution is 2.15. The van der Waals surface area contributed by atoms with Crippen molar-refractivity contribution in [3.05, 3.63) is 70.9 Å². The third kappa shape index (κ3) is 4.95. The number of guanidine groups is 1. The molecule has 0 aliphatic carbocycles. The van der Waals surface area contributed by atoms with Crippen LogP contribution in [-0.4, -0.2) is 29.1 Å². The third-order valence-electron chi connectivity index (χ3n) is 4.19. The standard InChI is InChI=1S/C20H25N5S/c1-16(12-18-7-5-11-26-18)13-23-20(21-2)24-14-17-6-3-4-8-19(17)25-10-9-22-15-25/h3-11,15-16H,12-14H2,1-2H3,(H2,21,23,24). The highest BCUT2D eigenvalue weighted by molar-refractivity contribution is 7.09. The number of aromatic nitrogens is 2. The summed E-state index contributed by atoms with van der Waals surface area (Å²) in [5.41, 5.74) is 2.32. The number of hydrogen-bond donors (Lipinski definition) is 2. The van der Waals surface area contributed by atoms with Gasteiger partial charge in [0.05, 0.1) is 12.0 Å². The molecule has 1 unspecified atom stereocenters. The summed E-state index contributed by atoms with van der Waals surface area (Å²) in [6, 6.07) is 12.6. The van der Waals surface area contributed by atoms with Gasteiger partial charge in [-0.05, 0) is 35.4 Å². The normalized spacial score (nSPS) is 12.8. The Morgan fingerprint density at radius 3 is 2.85 bits per heavy atom. The van der Waals surface area contributed by atoms with Gasteiger partial charge in [-0.3, -0.25) is 4.99 Å². The first kappa shape index (κ1) is 18.2. The van der Waals surface area contributed by atoms with Crippen molar-refractivity contribution in [2.24, 2.45) is 10.9 Å². The van der Waals surface area contributed by atoms with Crippen LogP contribution in [0.4, 0.5) is 0 Å². The van der Waals surface area contributed by atoms with Gasteiger partial charge in [-0.25, -0.2) is 4.98 Å². The Balaban J connectivity index is 1.53. The molecule has 3 rings (SSSR count). The average molecular weight is 368 g/mol. The molecule has 0 spiro atoms. The molecule has 0 aliphatic heterocycles. The zero-order chi connectivity index (χ0) is 18.2. The number of hydrogen-bond acceptors (Lipinski definition) is 3. The van der Waals surface area contributed by atoms with E-state index in [1.165, 1.54) is 10.4 Å². The molecule has 0 aliphatic rings. The highest BCUT2D eigenvalue weighted by Gasteiger charge is 2.08. The molecule has 26 heavy (non-hydrogen) atoms. The van der Waals surface area contributed by atoms with E-state index in [0.717, 1.165) is 24.6 Å². The van der Waals surface area contributed by atoms with E-state index in [2.05, 4.69) is 63.2 Å². The Kier molecular flexibility index (Phi) is 6.44. The summed E-state index contributed by atoms with van der Waals surface area (Å²) in [5, 5.41) is 8.97. The van der Waals surface area contributed by atoms with Crippen LogP contribution in [0.15, 0.2) is 65.5 Å². The smallest absolute Gasteiger partial charge is 0.191 e. The molecule has 0 fully saturated rings. The predicted octanol–water partition coefficient (Wildman–Crippen LogP) is 3.48. The van der Waals surface area contributed by atoms with Crippen molar-refractivity contribution in [3.63, 3.8) is 0 Å². The Hall–Kier alpha value is -2.60. The minimum absolute atomic E-state index is 0.547. The van der Waals surface area contributed by atoms with E-state index in [1.807, 2.05) is 34.5 Å². The minimum atomic E-state index is 0.547. The Labute approximate surface area is 158 Å². The van der Waals surface area contributed by atoms with Crippen LogP contribution in [0.2, 0.25) is 0 Å². The van der Waals surface area contributed by atoms with Crippen molar-refractivity contribution >= 4 is 17.3 Å². The molecule has 1 atom stereocenters. The lowest BCUT2D eigenvalue weighted by Crippen LogP contribution is -2.39. The predicted molar refractivity (Wildman–Crippen MR) is 109 cm³/mol. The largest absolute Gasteiger partial charge is 0.356 e. The molecular weight excluding hydrogens is 342 g/mol. The van der Waals surface area contributed by atoms with Crippen molar-refractivity contribution < 1.29 is 0 Å². The first-order valence-corrected chi connectivity index (χ1v) is 9.67. The van der Waals surface area contributed by atoms with Gasteiger partial charge in [0.2, 0.25) is 0 Å². The van der Waals surface area contributed by atoms with Crippen LogP contribution >= 0.6 is 11.3 Å². The van der Waals surface area contributed by atoms with E-state index in [-0.39, 0.29) is 0 Å². The maximum atomic E-state index is 4.34. The van der Waals surface area contributed by atoms with Gasteiger partial charge in [0.25, 0.3) is 0 Å². The minimum Gasteiger partial charge on any atom is -0.356 e. The summed E-state index contributed by atoms with van der Waals surface area (Å²) in [5.74, 6) is 1.37. The fraction of sp³-hybridized carbons (Fsp3) is 0.300. The highest BCUT2D eigenvalue weighted by atomic mass is 32.1. The van der Waals surface area contributed by atoms with Gasteiger partial charge >= 0.3 is 0 Å². The number of nitrogens with zero attached hydrogens (tertiary/aromatic N) is 3. The van der Waals surface area contributed by atoms with Gasteiger partial charge in [0, 0.05) is 37.4 Å². The number of benzene rings is 1.